The molecule has 0 aliphatic carbocycles. The van der Waals surface area contributed by atoms with E-state index in [9.17, 15) is 5.11 Å². The van der Waals surface area contributed by atoms with Gasteiger partial charge in [0, 0.05) is 23.4 Å². The Morgan fingerprint density at radius 1 is 1.04 bits per heavy atom. The van der Waals surface area contributed by atoms with E-state index < -0.39 is 0 Å². The average Bonchev–Trinajstić information content (AvgIpc) is 3.08. The van der Waals surface area contributed by atoms with Crippen LogP contribution in [0.5, 0.6) is 11.5 Å². The van der Waals surface area contributed by atoms with Crippen LogP contribution in [0.1, 0.15) is 30.7 Å². The SMILES string of the molecule is COc1cc(CC(C)C)nc(-c2nnc(-c3cc(C)c(O)c(C)c3)o2)c1. The quantitative estimate of drug-likeness (QED) is 0.735. The summed E-state index contributed by atoms with van der Waals surface area (Å²) in [6.45, 7) is 7.96. The maximum absolute atomic E-state index is 9.93. The van der Waals surface area contributed by atoms with Gasteiger partial charge >= 0.3 is 0 Å². The lowest BCUT2D eigenvalue weighted by Gasteiger charge is -2.08. The second-order valence-electron chi connectivity index (χ2n) is 6.85. The summed E-state index contributed by atoms with van der Waals surface area (Å²) in [4.78, 5) is 4.63. The maximum atomic E-state index is 9.93. The predicted molar refractivity (Wildman–Crippen MR) is 99.2 cm³/mol. The molecule has 1 N–H and O–H groups in total. The second-order valence-corrected chi connectivity index (χ2v) is 6.85. The molecule has 0 saturated carbocycles. The number of phenolic OH excluding ortho intramolecular Hbond substituents is 1. The van der Waals surface area contributed by atoms with Gasteiger partial charge in [-0.25, -0.2) is 4.98 Å². The van der Waals surface area contributed by atoms with E-state index in [2.05, 4.69) is 29.0 Å². The molecule has 6 nitrogen and oxygen atoms in total. The minimum atomic E-state index is 0.279. The summed E-state index contributed by atoms with van der Waals surface area (Å²) < 4.78 is 11.2. The van der Waals surface area contributed by atoms with Crippen LogP contribution in [0, 0.1) is 19.8 Å². The number of phenols is 1. The molecule has 0 amide bonds. The maximum Gasteiger partial charge on any atom is 0.266 e. The molecule has 26 heavy (non-hydrogen) atoms. The lowest BCUT2D eigenvalue weighted by Crippen LogP contribution is -2.00. The highest BCUT2D eigenvalue weighted by atomic mass is 16.5. The number of aromatic nitrogens is 3. The lowest BCUT2D eigenvalue weighted by atomic mass is 10.1. The third-order valence-corrected chi connectivity index (χ3v) is 4.09. The zero-order valence-electron chi connectivity index (χ0n) is 15.7. The molecule has 0 radical (unpaired) electrons. The minimum Gasteiger partial charge on any atom is -0.507 e. The zero-order valence-corrected chi connectivity index (χ0v) is 15.7. The van der Waals surface area contributed by atoms with Gasteiger partial charge < -0.3 is 14.3 Å². The highest BCUT2D eigenvalue weighted by Crippen LogP contribution is 2.30. The van der Waals surface area contributed by atoms with E-state index in [1.807, 2.05) is 32.0 Å². The van der Waals surface area contributed by atoms with E-state index in [-0.39, 0.29) is 5.75 Å². The standard InChI is InChI=1S/C20H23N3O3/c1-11(2)6-15-9-16(25-5)10-17(21-15)20-23-22-19(26-20)14-7-12(3)18(24)13(4)8-14/h7-11,24H,6H2,1-5H3. The van der Waals surface area contributed by atoms with Crippen LogP contribution in [0.4, 0.5) is 0 Å². The van der Waals surface area contributed by atoms with Gasteiger partial charge in [0.1, 0.15) is 17.2 Å². The molecule has 0 fully saturated rings. The summed E-state index contributed by atoms with van der Waals surface area (Å²) in [5, 5.41) is 18.2. The predicted octanol–water partition coefficient (Wildman–Crippen LogP) is 4.33. The first-order valence-corrected chi connectivity index (χ1v) is 8.56. The summed E-state index contributed by atoms with van der Waals surface area (Å²) >= 11 is 0. The normalized spacial score (nSPS) is 11.2. The summed E-state index contributed by atoms with van der Waals surface area (Å²) in [6, 6.07) is 7.35. The molecule has 3 aromatic rings. The highest BCUT2D eigenvalue weighted by molar-refractivity contribution is 5.61. The smallest absolute Gasteiger partial charge is 0.266 e. The molecule has 136 valence electrons. The van der Waals surface area contributed by atoms with Crippen molar-refractivity contribution in [2.45, 2.75) is 34.1 Å². The summed E-state index contributed by atoms with van der Waals surface area (Å²) in [6.07, 6.45) is 0.835. The van der Waals surface area contributed by atoms with Crippen molar-refractivity contribution in [1.82, 2.24) is 15.2 Å². The Labute approximate surface area is 152 Å². The van der Waals surface area contributed by atoms with Crippen molar-refractivity contribution in [1.29, 1.82) is 0 Å². The topological polar surface area (TPSA) is 81.3 Å². The molecule has 0 spiro atoms. The minimum absolute atomic E-state index is 0.279. The van der Waals surface area contributed by atoms with Gasteiger partial charge in [-0.2, -0.15) is 0 Å². The van der Waals surface area contributed by atoms with Crippen LogP contribution in [-0.2, 0) is 6.42 Å². The Balaban J connectivity index is 1.99. The van der Waals surface area contributed by atoms with Crippen LogP contribution in [-0.4, -0.2) is 27.4 Å². The molecular formula is C20H23N3O3. The molecule has 0 saturated heterocycles. The first-order valence-electron chi connectivity index (χ1n) is 8.56. The van der Waals surface area contributed by atoms with Crippen LogP contribution in [0.2, 0.25) is 0 Å². The Bertz CT molecular complexity index is 909. The fourth-order valence-electron chi connectivity index (χ4n) is 2.83. The number of ether oxygens (including phenoxy) is 1. The van der Waals surface area contributed by atoms with Crippen molar-refractivity contribution in [2.75, 3.05) is 7.11 Å². The molecule has 0 atom stereocenters. The fraction of sp³-hybridized carbons (Fsp3) is 0.350. The molecule has 2 heterocycles. The van der Waals surface area contributed by atoms with Gasteiger partial charge in [-0.15, -0.1) is 10.2 Å². The summed E-state index contributed by atoms with van der Waals surface area (Å²) in [5.74, 6) is 2.19. The van der Waals surface area contributed by atoms with Gasteiger partial charge in [-0.05, 0) is 49.4 Å². The Morgan fingerprint density at radius 3 is 2.31 bits per heavy atom. The van der Waals surface area contributed by atoms with Crippen molar-refractivity contribution in [3.05, 3.63) is 41.1 Å². The molecule has 2 aromatic heterocycles. The van der Waals surface area contributed by atoms with E-state index in [1.165, 1.54) is 0 Å². The number of aromatic hydroxyl groups is 1. The molecule has 0 unspecified atom stereocenters. The number of methoxy groups -OCH3 is 1. The van der Waals surface area contributed by atoms with Gasteiger partial charge in [0.2, 0.25) is 5.89 Å². The Hall–Kier alpha value is -2.89. The van der Waals surface area contributed by atoms with Crippen LogP contribution < -0.4 is 4.74 Å². The Morgan fingerprint density at radius 2 is 1.69 bits per heavy atom. The molecular weight excluding hydrogens is 330 g/mol. The van der Waals surface area contributed by atoms with Crippen LogP contribution in [0.25, 0.3) is 23.0 Å². The largest absolute Gasteiger partial charge is 0.507 e. The van der Waals surface area contributed by atoms with Gasteiger partial charge in [-0.3, -0.25) is 0 Å². The monoisotopic (exact) mass is 353 g/mol. The van der Waals surface area contributed by atoms with E-state index in [1.54, 1.807) is 13.2 Å². The molecule has 1 aromatic carbocycles. The summed E-state index contributed by atoms with van der Waals surface area (Å²) in [7, 11) is 1.62. The number of rotatable bonds is 5. The average molecular weight is 353 g/mol. The number of nitrogens with zero attached hydrogens (tertiary/aromatic N) is 3. The van der Waals surface area contributed by atoms with Crippen molar-refractivity contribution in [2.24, 2.45) is 5.92 Å². The van der Waals surface area contributed by atoms with Gasteiger partial charge in [-0.1, -0.05) is 13.8 Å². The second kappa shape index (κ2) is 7.15. The lowest BCUT2D eigenvalue weighted by molar-refractivity contribution is 0.413. The molecule has 0 aliphatic heterocycles. The first kappa shape index (κ1) is 17.9. The summed E-state index contributed by atoms with van der Waals surface area (Å²) in [5.41, 5.74) is 3.80. The van der Waals surface area contributed by atoms with Crippen LogP contribution in [0.15, 0.2) is 28.7 Å². The van der Waals surface area contributed by atoms with Gasteiger partial charge in [0.25, 0.3) is 5.89 Å². The number of benzene rings is 1. The van der Waals surface area contributed by atoms with Crippen LogP contribution >= 0.6 is 0 Å². The van der Waals surface area contributed by atoms with E-state index in [0.29, 0.717) is 29.1 Å². The van der Waals surface area contributed by atoms with Crippen molar-refractivity contribution in [3.63, 3.8) is 0 Å². The molecule has 6 heteroatoms. The third-order valence-electron chi connectivity index (χ3n) is 4.09. The first-order chi connectivity index (χ1) is 12.4. The van der Waals surface area contributed by atoms with E-state index >= 15 is 0 Å². The van der Waals surface area contributed by atoms with Gasteiger partial charge in [0.15, 0.2) is 0 Å². The third kappa shape index (κ3) is 3.69. The van der Waals surface area contributed by atoms with E-state index in [4.69, 9.17) is 9.15 Å². The van der Waals surface area contributed by atoms with Gasteiger partial charge in [0.05, 0.1) is 7.11 Å². The molecule has 0 aliphatic rings. The molecule has 3 rings (SSSR count). The number of hydrogen-bond donors (Lipinski definition) is 1. The van der Waals surface area contributed by atoms with Crippen molar-refractivity contribution in [3.8, 4) is 34.5 Å². The van der Waals surface area contributed by atoms with E-state index in [0.717, 1.165) is 28.8 Å². The fourth-order valence-corrected chi connectivity index (χ4v) is 2.83. The Kier molecular flexibility index (Phi) is 4.93. The number of hydrogen-bond acceptors (Lipinski definition) is 6. The molecule has 0 bridgehead atoms. The number of pyridine rings is 1. The van der Waals surface area contributed by atoms with Crippen LogP contribution in [0.3, 0.4) is 0 Å². The van der Waals surface area contributed by atoms with Crippen molar-refractivity contribution >= 4 is 0 Å². The van der Waals surface area contributed by atoms with Crippen molar-refractivity contribution < 1.29 is 14.3 Å². The number of aryl methyl sites for hydroxylation is 2. The highest BCUT2D eigenvalue weighted by Gasteiger charge is 2.16. The zero-order chi connectivity index (χ0) is 18.8.